The van der Waals surface area contributed by atoms with Gasteiger partial charge in [0.25, 0.3) is 0 Å². The number of hydrogen-bond acceptors (Lipinski definition) is 2. The number of aromatic nitrogens is 2. The highest BCUT2D eigenvalue weighted by molar-refractivity contribution is 9.13. The predicted octanol–water partition coefficient (Wildman–Crippen LogP) is 4.79. The van der Waals surface area contributed by atoms with Crippen molar-refractivity contribution in [3.05, 3.63) is 93.1 Å². The molecular formula is C18H14Br2N2O. The third kappa shape index (κ3) is 2.69. The van der Waals surface area contributed by atoms with E-state index in [0.717, 1.165) is 11.1 Å². The summed E-state index contributed by atoms with van der Waals surface area (Å²) >= 11 is 6.94. The summed E-state index contributed by atoms with van der Waals surface area (Å²) in [6.45, 7) is 3.79. The number of hydrogen-bond donors (Lipinski definition) is 1. The van der Waals surface area contributed by atoms with Crippen LogP contribution in [-0.4, -0.2) is 14.9 Å². The van der Waals surface area contributed by atoms with Gasteiger partial charge in [0.05, 0.1) is 10.2 Å². The first-order valence-corrected chi connectivity index (χ1v) is 8.57. The van der Waals surface area contributed by atoms with E-state index >= 15 is 0 Å². The average Bonchev–Trinajstić information content (AvgIpc) is 2.90. The van der Waals surface area contributed by atoms with Gasteiger partial charge in [-0.15, -0.1) is 0 Å². The van der Waals surface area contributed by atoms with Crippen LogP contribution >= 0.6 is 31.9 Å². The first kappa shape index (κ1) is 16.2. The Bertz CT molecular complexity index is 789. The Balaban J connectivity index is 2.37. The minimum atomic E-state index is -1.37. The maximum Gasteiger partial charge on any atom is 0.158 e. The molecule has 2 aromatic carbocycles. The van der Waals surface area contributed by atoms with E-state index in [1.54, 1.807) is 10.9 Å². The van der Waals surface area contributed by atoms with Gasteiger partial charge in [-0.25, -0.2) is 4.68 Å². The molecule has 5 heteroatoms. The molecular weight excluding hydrogens is 420 g/mol. The van der Waals surface area contributed by atoms with E-state index in [1.807, 2.05) is 60.7 Å². The second-order valence-corrected chi connectivity index (χ2v) is 6.57. The smallest absolute Gasteiger partial charge is 0.158 e. The molecule has 0 fully saturated rings. The van der Waals surface area contributed by atoms with Crippen LogP contribution < -0.4 is 0 Å². The molecule has 0 aliphatic carbocycles. The Morgan fingerprint density at radius 3 is 1.87 bits per heavy atom. The van der Waals surface area contributed by atoms with Crippen LogP contribution in [0.4, 0.5) is 0 Å². The van der Waals surface area contributed by atoms with Crippen molar-refractivity contribution < 1.29 is 5.11 Å². The van der Waals surface area contributed by atoms with Crippen LogP contribution in [-0.2, 0) is 5.60 Å². The third-order valence-electron chi connectivity index (χ3n) is 3.71. The molecule has 3 nitrogen and oxygen atoms in total. The largest absolute Gasteiger partial charge is 0.374 e. The number of nitrogens with zero attached hydrogens (tertiary/aromatic N) is 2. The molecule has 0 unspecified atom stereocenters. The number of aliphatic hydroxyl groups is 1. The molecule has 0 bridgehead atoms. The topological polar surface area (TPSA) is 38.0 Å². The molecule has 0 atom stereocenters. The van der Waals surface area contributed by atoms with Gasteiger partial charge in [-0.05, 0) is 43.0 Å². The number of halogens is 2. The molecule has 0 saturated heterocycles. The van der Waals surface area contributed by atoms with Crippen molar-refractivity contribution >= 4 is 38.1 Å². The summed E-state index contributed by atoms with van der Waals surface area (Å²) in [5, 5.41) is 16.1. The SMILES string of the molecule is C=Cn1nc(Br)c(Br)c1C(O)(c1ccccc1)c1ccccc1. The molecule has 23 heavy (non-hydrogen) atoms. The summed E-state index contributed by atoms with van der Waals surface area (Å²) in [7, 11) is 0. The molecule has 3 aromatic rings. The Morgan fingerprint density at radius 1 is 0.957 bits per heavy atom. The standard InChI is InChI=1S/C18H14Br2N2O/c1-2-22-16(15(19)17(20)21-22)18(23,13-9-5-3-6-10-13)14-11-7-4-8-12-14/h2-12,23H,1H2. The molecule has 0 saturated carbocycles. The summed E-state index contributed by atoms with van der Waals surface area (Å²) < 4.78 is 2.87. The van der Waals surface area contributed by atoms with Gasteiger partial charge in [-0.3, -0.25) is 0 Å². The number of rotatable bonds is 4. The van der Waals surface area contributed by atoms with Crippen LogP contribution in [0.25, 0.3) is 6.20 Å². The van der Waals surface area contributed by atoms with Gasteiger partial charge < -0.3 is 5.11 Å². The summed E-state index contributed by atoms with van der Waals surface area (Å²) in [5.41, 5.74) is 0.732. The monoisotopic (exact) mass is 432 g/mol. The van der Waals surface area contributed by atoms with E-state index in [9.17, 15) is 5.11 Å². The lowest BCUT2D eigenvalue weighted by atomic mass is 9.83. The zero-order valence-corrected chi connectivity index (χ0v) is 15.3. The molecule has 0 aliphatic rings. The molecule has 0 amide bonds. The van der Waals surface area contributed by atoms with Crippen LogP contribution in [0.1, 0.15) is 16.8 Å². The second kappa shape index (κ2) is 6.43. The molecule has 1 N–H and O–H groups in total. The molecule has 1 aromatic heterocycles. The van der Waals surface area contributed by atoms with Gasteiger partial charge in [-0.1, -0.05) is 67.2 Å². The van der Waals surface area contributed by atoms with Crippen LogP contribution in [0, 0.1) is 0 Å². The van der Waals surface area contributed by atoms with Gasteiger partial charge in [0, 0.05) is 6.20 Å². The van der Waals surface area contributed by atoms with Crippen LogP contribution in [0.15, 0.2) is 76.3 Å². The predicted molar refractivity (Wildman–Crippen MR) is 99.0 cm³/mol. The Hall–Kier alpha value is -1.69. The minimum Gasteiger partial charge on any atom is -0.374 e. The lowest BCUT2D eigenvalue weighted by Gasteiger charge is -2.30. The quantitative estimate of drug-likeness (QED) is 0.642. The Morgan fingerprint density at radius 2 is 1.43 bits per heavy atom. The van der Waals surface area contributed by atoms with Gasteiger partial charge in [0.2, 0.25) is 0 Å². The zero-order chi connectivity index (χ0) is 16.4. The Labute approximate surface area is 151 Å². The molecule has 1 heterocycles. The number of benzene rings is 2. The molecule has 116 valence electrons. The summed E-state index contributed by atoms with van der Waals surface area (Å²) in [6, 6.07) is 19.0. The fourth-order valence-electron chi connectivity index (χ4n) is 2.64. The van der Waals surface area contributed by atoms with Gasteiger partial charge >= 0.3 is 0 Å². The third-order valence-corrected chi connectivity index (χ3v) is 5.55. The van der Waals surface area contributed by atoms with Crippen molar-refractivity contribution in [3.63, 3.8) is 0 Å². The zero-order valence-electron chi connectivity index (χ0n) is 12.2. The molecule has 0 radical (unpaired) electrons. The lowest BCUT2D eigenvalue weighted by Crippen LogP contribution is -2.31. The van der Waals surface area contributed by atoms with Crippen molar-refractivity contribution in [2.24, 2.45) is 0 Å². The maximum absolute atomic E-state index is 11.8. The van der Waals surface area contributed by atoms with E-state index in [0.29, 0.717) is 14.8 Å². The fraction of sp³-hybridized carbons (Fsp3) is 0.0556. The lowest BCUT2D eigenvalue weighted by molar-refractivity contribution is 0.117. The molecule has 3 rings (SSSR count). The van der Waals surface area contributed by atoms with E-state index in [-0.39, 0.29) is 0 Å². The second-order valence-electron chi connectivity index (χ2n) is 5.02. The van der Waals surface area contributed by atoms with Crippen LogP contribution in [0.3, 0.4) is 0 Å². The molecule has 0 spiro atoms. The van der Waals surface area contributed by atoms with Crippen LogP contribution in [0.2, 0.25) is 0 Å². The summed E-state index contributed by atoms with van der Waals surface area (Å²) in [4.78, 5) is 0. The van der Waals surface area contributed by atoms with Crippen molar-refractivity contribution in [1.82, 2.24) is 9.78 Å². The van der Waals surface area contributed by atoms with Gasteiger partial charge in [0.1, 0.15) is 4.60 Å². The summed E-state index contributed by atoms with van der Waals surface area (Å²) in [6.07, 6.45) is 1.57. The van der Waals surface area contributed by atoms with Crippen LogP contribution in [0.5, 0.6) is 0 Å². The van der Waals surface area contributed by atoms with Gasteiger partial charge in [-0.2, -0.15) is 5.10 Å². The van der Waals surface area contributed by atoms with Crippen molar-refractivity contribution in [3.8, 4) is 0 Å². The minimum absolute atomic E-state index is 0.594. The summed E-state index contributed by atoms with van der Waals surface area (Å²) in [5.74, 6) is 0. The van der Waals surface area contributed by atoms with E-state index in [4.69, 9.17) is 0 Å². The first-order chi connectivity index (χ1) is 11.1. The highest BCUT2D eigenvalue weighted by Crippen LogP contribution is 2.42. The van der Waals surface area contributed by atoms with Crippen molar-refractivity contribution in [1.29, 1.82) is 0 Å². The van der Waals surface area contributed by atoms with Crippen molar-refractivity contribution in [2.75, 3.05) is 0 Å². The van der Waals surface area contributed by atoms with E-state index in [1.165, 1.54) is 0 Å². The highest BCUT2D eigenvalue weighted by atomic mass is 79.9. The Kier molecular flexibility index (Phi) is 4.53. The fourth-order valence-corrected chi connectivity index (χ4v) is 3.55. The maximum atomic E-state index is 11.8. The highest BCUT2D eigenvalue weighted by Gasteiger charge is 2.39. The van der Waals surface area contributed by atoms with E-state index < -0.39 is 5.60 Å². The normalized spacial score (nSPS) is 11.4. The molecule has 0 aliphatic heterocycles. The van der Waals surface area contributed by atoms with E-state index in [2.05, 4.69) is 43.5 Å². The first-order valence-electron chi connectivity index (χ1n) is 6.99. The average molecular weight is 434 g/mol. The van der Waals surface area contributed by atoms with Gasteiger partial charge in [0.15, 0.2) is 5.60 Å². The van der Waals surface area contributed by atoms with Crippen molar-refractivity contribution in [2.45, 2.75) is 5.60 Å².